The zero-order chi connectivity index (χ0) is 19.8. The molecular formula is C22H25N3O3. The molecule has 0 atom stereocenters. The molecule has 6 heteroatoms. The van der Waals surface area contributed by atoms with E-state index in [1.54, 1.807) is 16.8 Å². The summed E-state index contributed by atoms with van der Waals surface area (Å²) in [7, 11) is 1.89. The maximum atomic E-state index is 11.9. The van der Waals surface area contributed by atoms with Crippen LogP contribution in [0.25, 0.3) is 0 Å². The third-order valence-electron chi connectivity index (χ3n) is 4.17. The smallest absolute Gasteiger partial charge is 0.257 e. The van der Waals surface area contributed by atoms with E-state index in [0.717, 1.165) is 24.3 Å². The van der Waals surface area contributed by atoms with Gasteiger partial charge < -0.3 is 14.8 Å². The number of carbonyl (C=O) groups excluding carboxylic acids is 1. The van der Waals surface area contributed by atoms with Crippen LogP contribution < -0.4 is 14.8 Å². The van der Waals surface area contributed by atoms with E-state index in [-0.39, 0.29) is 12.5 Å². The number of carbonyl (C=O) groups is 1. The quantitative estimate of drug-likeness (QED) is 0.577. The molecule has 0 unspecified atom stereocenters. The molecule has 28 heavy (non-hydrogen) atoms. The van der Waals surface area contributed by atoms with Gasteiger partial charge in [-0.3, -0.25) is 9.48 Å². The third kappa shape index (κ3) is 6.16. The second-order valence-electron chi connectivity index (χ2n) is 6.65. The molecule has 1 amide bonds. The molecule has 6 nitrogen and oxygen atoms in total. The lowest BCUT2D eigenvalue weighted by Crippen LogP contribution is -2.29. The number of aromatic nitrogens is 2. The Morgan fingerprint density at radius 3 is 2.32 bits per heavy atom. The van der Waals surface area contributed by atoms with E-state index in [0.29, 0.717) is 12.3 Å². The lowest BCUT2D eigenvalue weighted by Gasteiger charge is -2.09. The minimum Gasteiger partial charge on any atom is -0.484 e. The van der Waals surface area contributed by atoms with E-state index in [2.05, 4.69) is 10.4 Å². The summed E-state index contributed by atoms with van der Waals surface area (Å²) in [6.07, 6.45) is 5.58. The number of nitrogens with zero attached hydrogens (tertiary/aromatic N) is 2. The molecule has 1 heterocycles. The van der Waals surface area contributed by atoms with Crippen LogP contribution in [-0.4, -0.2) is 28.8 Å². The zero-order valence-corrected chi connectivity index (χ0v) is 16.2. The summed E-state index contributed by atoms with van der Waals surface area (Å²) in [5.74, 6) is 1.99. The van der Waals surface area contributed by atoms with Crippen LogP contribution in [0.3, 0.4) is 0 Å². The Bertz CT molecular complexity index is 886. The second-order valence-corrected chi connectivity index (χ2v) is 6.65. The molecule has 3 aromatic rings. The van der Waals surface area contributed by atoms with Gasteiger partial charge >= 0.3 is 0 Å². The van der Waals surface area contributed by atoms with Gasteiger partial charge in [-0.05, 0) is 61.7 Å². The predicted octanol–water partition coefficient (Wildman–Crippen LogP) is 3.65. The van der Waals surface area contributed by atoms with Crippen LogP contribution in [0.1, 0.15) is 17.5 Å². The van der Waals surface area contributed by atoms with Crippen molar-refractivity contribution in [1.29, 1.82) is 0 Å². The minimum atomic E-state index is -0.133. The largest absolute Gasteiger partial charge is 0.484 e. The van der Waals surface area contributed by atoms with Gasteiger partial charge in [0.15, 0.2) is 6.61 Å². The van der Waals surface area contributed by atoms with E-state index < -0.39 is 0 Å². The van der Waals surface area contributed by atoms with E-state index in [9.17, 15) is 4.79 Å². The van der Waals surface area contributed by atoms with Crippen LogP contribution in [0.4, 0.5) is 0 Å². The summed E-state index contributed by atoms with van der Waals surface area (Å²) in [6.45, 7) is 2.64. The standard InChI is InChI=1S/C22H25N3O3/c1-17-5-7-20(8-6-17)28-21-11-9-19(10-12-21)27-16-22(26)23-13-3-4-18-14-24-25(2)15-18/h5-12,14-15H,3-4,13,16H2,1-2H3,(H,23,26). The molecular weight excluding hydrogens is 354 g/mol. The van der Waals surface area contributed by atoms with E-state index in [4.69, 9.17) is 9.47 Å². The monoisotopic (exact) mass is 379 g/mol. The number of benzene rings is 2. The second kappa shape index (κ2) is 9.60. The maximum absolute atomic E-state index is 11.9. The van der Waals surface area contributed by atoms with Crippen LogP contribution in [0.2, 0.25) is 0 Å². The zero-order valence-electron chi connectivity index (χ0n) is 16.2. The fraction of sp³-hybridized carbons (Fsp3) is 0.273. The number of amides is 1. The highest BCUT2D eigenvalue weighted by atomic mass is 16.5. The van der Waals surface area contributed by atoms with E-state index in [1.165, 1.54) is 11.1 Å². The number of hydrogen-bond acceptors (Lipinski definition) is 4. The molecule has 0 aliphatic rings. The van der Waals surface area contributed by atoms with Crippen molar-refractivity contribution in [2.75, 3.05) is 13.2 Å². The van der Waals surface area contributed by atoms with Crippen molar-refractivity contribution in [3.05, 3.63) is 72.1 Å². The Hall–Kier alpha value is -3.28. The fourth-order valence-corrected chi connectivity index (χ4v) is 2.67. The van der Waals surface area contributed by atoms with Gasteiger partial charge in [0, 0.05) is 19.8 Å². The normalized spacial score (nSPS) is 10.5. The predicted molar refractivity (Wildman–Crippen MR) is 108 cm³/mol. The Balaban J connectivity index is 1.35. The van der Waals surface area contributed by atoms with Gasteiger partial charge in [-0.25, -0.2) is 0 Å². The molecule has 3 rings (SSSR count). The Kier molecular flexibility index (Phi) is 6.68. The molecule has 0 aliphatic heterocycles. The average molecular weight is 379 g/mol. The summed E-state index contributed by atoms with van der Waals surface area (Å²) in [5.41, 5.74) is 2.35. The fourth-order valence-electron chi connectivity index (χ4n) is 2.67. The molecule has 146 valence electrons. The van der Waals surface area contributed by atoms with Crippen molar-refractivity contribution in [2.24, 2.45) is 7.05 Å². The molecule has 0 saturated carbocycles. The molecule has 0 radical (unpaired) electrons. The Morgan fingerprint density at radius 2 is 1.68 bits per heavy atom. The summed E-state index contributed by atoms with van der Waals surface area (Å²) in [6, 6.07) is 15.1. The van der Waals surface area contributed by atoms with Crippen molar-refractivity contribution in [3.8, 4) is 17.2 Å². The van der Waals surface area contributed by atoms with Crippen LogP contribution in [0.5, 0.6) is 17.2 Å². The van der Waals surface area contributed by atoms with Gasteiger partial charge in [0.05, 0.1) is 6.20 Å². The highest BCUT2D eigenvalue weighted by molar-refractivity contribution is 5.77. The molecule has 0 spiro atoms. The Labute approximate surface area is 165 Å². The summed E-state index contributed by atoms with van der Waals surface area (Å²) >= 11 is 0. The number of ether oxygens (including phenoxy) is 2. The minimum absolute atomic E-state index is 0.00887. The summed E-state index contributed by atoms with van der Waals surface area (Å²) in [5, 5.41) is 6.99. The van der Waals surface area contributed by atoms with Crippen molar-refractivity contribution < 1.29 is 14.3 Å². The van der Waals surface area contributed by atoms with Gasteiger partial charge in [0.1, 0.15) is 17.2 Å². The van der Waals surface area contributed by atoms with Crippen molar-refractivity contribution in [1.82, 2.24) is 15.1 Å². The number of rotatable bonds is 9. The van der Waals surface area contributed by atoms with Crippen LogP contribution in [0.15, 0.2) is 60.9 Å². The molecule has 1 N–H and O–H groups in total. The first-order valence-electron chi connectivity index (χ1n) is 9.30. The third-order valence-corrected chi connectivity index (χ3v) is 4.17. The Morgan fingerprint density at radius 1 is 1.04 bits per heavy atom. The lowest BCUT2D eigenvalue weighted by atomic mass is 10.2. The molecule has 2 aromatic carbocycles. The molecule has 1 aromatic heterocycles. The van der Waals surface area contributed by atoms with Crippen LogP contribution >= 0.6 is 0 Å². The number of aryl methyl sites for hydroxylation is 3. The first kappa shape index (κ1) is 19.5. The first-order valence-corrected chi connectivity index (χ1v) is 9.30. The molecule has 0 fully saturated rings. The van der Waals surface area contributed by atoms with Crippen LogP contribution in [0, 0.1) is 6.92 Å². The van der Waals surface area contributed by atoms with Gasteiger partial charge in [0.25, 0.3) is 5.91 Å². The van der Waals surface area contributed by atoms with E-state index in [1.807, 2.05) is 62.8 Å². The van der Waals surface area contributed by atoms with Gasteiger partial charge in [-0.1, -0.05) is 17.7 Å². The highest BCUT2D eigenvalue weighted by Gasteiger charge is 2.04. The number of hydrogen-bond donors (Lipinski definition) is 1. The SMILES string of the molecule is Cc1ccc(Oc2ccc(OCC(=O)NCCCc3cnn(C)c3)cc2)cc1. The average Bonchev–Trinajstić information content (AvgIpc) is 3.12. The summed E-state index contributed by atoms with van der Waals surface area (Å²) in [4.78, 5) is 11.9. The van der Waals surface area contributed by atoms with Crippen molar-refractivity contribution >= 4 is 5.91 Å². The summed E-state index contributed by atoms with van der Waals surface area (Å²) < 4.78 is 13.1. The van der Waals surface area contributed by atoms with Gasteiger partial charge in [0.2, 0.25) is 0 Å². The first-order chi connectivity index (χ1) is 13.6. The highest BCUT2D eigenvalue weighted by Crippen LogP contribution is 2.24. The van der Waals surface area contributed by atoms with E-state index >= 15 is 0 Å². The number of nitrogens with one attached hydrogen (secondary N) is 1. The molecule has 0 bridgehead atoms. The van der Waals surface area contributed by atoms with Gasteiger partial charge in [-0.15, -0.1) is 0 Å². The molecule has 0 saturated heterocycles. The van der Waals surface area contributed by atoms with Gasteiger partial charge in [-0.2, -0.15) is 5.10 Å². The maximum Gasteiger partial charge on any atom is 0.257 e. The molecule has 0 aliphatic carbocycles. The lowest BCUT2D eigenvalue weighted by molar-refractivity contribution is -0.123. The topological polar surface area (TPSA) is 65.4 Å². The van der Waals surface area contributed by atoms with Crippen LogP contribution in [-0.2, 0) is 18.3 Å². The van der Waals surface area contributed by atoms with Crippen molar-refractivity contribution in [3.63, 3.8) is 0 Å². The van der Waals surface area contributed by atoms with Crippen molar-refractivity contribution in [2.45, 2.75) is 19.8 Å².